The van der Waals surface area contributed by atoms with E-state index >= 15 is 0 Å². The fraction of sp³-hybridized carbons (Fsp3) is 0.222. The maximum atomic E-state index is 12.1. The van der Waals surface area contributed by atoms with Gasteiger partial charge in [-0.25, -0.2) is 0 Å². The Hall–Kier alpha value is -2.80. The van der Waals surface area contributed by atoms with Crippen molar-refractivity contribution in [2.24, 2.45) is 0 Å². The quantitative estimate of drug-likeness (QED) is 0.475. The van der Waals surface area contributed by atoms with Crippen molar-refractivity contribution in [3.63, 3.8) is 0 Å². The predicted octanol–water partition coefficient (Wildman–Crippen LogP) is 4.24. The molecule has 1 atom stereocenters. The van der Waals surface area contributed by atoms with Crippen molar-refractivity contribution in [1.29, 1.82) is 0 Å². The summed E-state index contributed by atoms with van der Waals surface area (Å²) in [7, 11) is 0. The molecule has 0 spiro atoms. The second kappa shape index (κ2) is 8.34. The van der Waals surface area contributed by atoms with Gasteiger partial charge in [-0.15, -0.1) is 0 Å². The summed E-state index contributed by atoms with van der Waals surface area (Å²) >= 11 is 5.13. The highest BCUT2D eigenvalue weighted by Crippen LogP contribution is 2.20. The molecule has 2 N–H and O–H groups in total. The molecule has 0 aliphatic carbocycles. The van der Waals surface area contributed by atoms with Gasteiger partial charge in [-0.3, -0.25) is 20.2 Å². The zero-order valence-corrected chi connectivity index (χ0v) is 14.8. The largest absolute Gasteiger partial charge is 0.332 e. The number of anilines is 1. The number of nitrogens with zero attached hydrogens (tertiary/aromatic N) is 1. The average Bonchev–Trinajstić information content (AvgIpc) is 2.61. The van der Waals surface area contributed by atoms with Crippen LogP contribution in [-0.2, 0) is 0 Å². The predicted molar refractivity (Wildman–Crippen MR) is 102 cm³/mol. The van der Waals surface area contributed by atoms with Crippen LogP contribution in [0.25, 0.3) is 0 Å². The zero-order chi connectivity index (χ0) is 18.4. The standard InChI is InChI=1S/C18H19N3O3S/c1-3-12(2)13-7-9-15(10-8-13)19-18(25)20-17(22)14-5-4-6-16(11-14)21(23)24/h4-12H,3H2,1-2H3,(H2,19,20,22,25)/t12-/m0/s1. The molecular weight excluding hydrogens is 338 g/mol. The molecule has 0 aromatic heterocycles. The van der Waals surface area contributed by atoms with Gasteiger partial charge in [0.05, 0.1) is 4.92 Å². The number of nitro groups is 1. The van der Waals surface area contributed by atoms with Crippen LogP contribution in [0.2, 0.25) is 0 Å². The van der Waals surface area contributed by atoms with Gasteiger partial charge in [0.15, 0.2) is 5.11 Å². The van der Waals surface area contributed by atoms with Gasteiger partial charge >= 0.3 is 0 Å². The van der Waals surface area contributed by atoms with E-state index < -0.39 is 10.8 Å². The lowest BCUT2D eigenvalue weighted by Gasteiger charge is -2.12. The van der Waals surface area contributed by atoms with E-state index in [4.69, 9.17) is 12.2 Å². The van der Waals surface area contributed by atoms with E-state index in [1.54, 1.807) is 0 Å². The lowest BCUT2D eigenvalue weighted by molar-refractivity contribution is -0.384. The summed E-state index contributed by atoms with van der Waals surface area (Å²) in [6.45, 7) is 4.29. The molecule has 0 unspecified atom stereocenters. The summed E-state index contributed by atoms with van der Waals surface area (Å²) in [5.41, 5.74) is 2.02. The first-order chi connectivity index (χ1) is 11.9. The van der Waals surface area contributed by atoms with Crippen LogP contribution >= 0.6 is 12.2 Å². The van der Waals surface area contributed by atoms with E-state index in [1.165, 1.54) is 29.8 Å². The molecule has 2 rings (SSSR count). The summed E-state index contributed by atoms with van der Waals surface area (Å²) < 4.78 is 0. The van der Waals surface area contributed by atoms with Crippen LogP contribution in [0, 0.1) is 10.1 Å². The molecule has 7 heteroatoms. The van der Waals surface area contributed by atoms with E-state index in [9.17, 15) is 14.9 Å². The van der Waals surface area contributed by atoms with Crippen molar-refractivity contribution in [1.82, 2.24) is 5.32 Å². The lowest BCUT2D eigenvalue weighted by Crippen LogP contribution is -2.34. The van der Waals surface area contributed by atoms with Crippen LogP contribution in [0.1, 0.15) is 42.1 Å². The Kier molecular flexibility index (Phi) is 6.19. The van der Waals surface area contributed by atoms with Crippen molar-refractivity contribution < 1.29 is 9.72 Å². The van der Waals surface area contributed by atoms with Gasteiger partial charge in [0.25, 0.3) is 11.6 Å². The number of rotatable bonds is 5. The number of thiocarbonyl (C=S) groups is 1. The Labute approximate surface area is 151 Å². The Morgan fingerprint density at radius 1 is 1.24 bits per heavy atom. The minimum Gasteiger partial charge on any atom is -0.332 e. The third-order valence-corrected chi connectivity index (χ3v) is 4.10. The lowest BCUT2D eigenvalue weighted by atomic mass is 9.99. The Morgan fingerprint density at radius 3 is 2.52 bits per heavy atom. The first-order valence-corrected chi connectivity index (χ1v) is 8.28. The second-order valence-electron chi connectivity index (χ2n) is 5.65. The minimum atomic E-state index is -0.549. The number of hydrogen-bond acceptors (Lipinski definition) is 4. The molecule has 0 radical (unpaired) electrons. The van der Waals surface area contributed by atoms with Crippen LogP contribution in [0.15, 0.2) is 48.5 Å². The van der Waals surface area contributed by atoms with Gasteiger partial charge in [0.2, 0.25) is 0 Å². The highest BCUT2D eigenvalue weighted by molar-refractivity contribution is 7.80. The highest BCUT2D eigenvalue weighted by Gasteiger charge is 2.12. The minimum absolute atomic E-state index is 0.132. The van der Waals surface area contributed by atoms with Gasteiger partial charge in [-0.05, 0) is 48.3 Å². The smallest absolute Gasteiger partial charge is 0.270 e. The average molecular weight is 357 g/mol. The van der Waals surface area contributed by atoms with Crippen molar-refractivity contribution in [3.05, 3.63) is 69.8 Å². The molecule has 0 heterocycles. The Balaban J connectivity index is 1.99. The van der Waals surface area contributed by atoms with Gasteiger partial charge in [-0.1, -0.05) is 32.0 Å². The van der Waals surface area contributed by atoms with Crippen molar-refractivity contribution in [2.75, 3.05) is 5.32 Å². The summed E-state index contributed by atoms with van der Waals surface area (Å²) in [6.07, 6.45) is 1.06. The topological polar surface area (TPSA) is 84.3 Å². The normalized spacial score (nSPS) is 11.4. The van der Waals surface area contributed by atoms with Crippen LogP contribution in [0.3, 0.4) is 0 Å². The van der Waals surface area contributed by atoms with Crippen LogP contribution in [0.4, 0.5) is 11.4 Å². The molecule has 0 bridgehead atoms. The molecular formula is C18H19N3O3S. The number of non-ortho nitro benzene ring substituents is 1. The number of nitro benzene ring substituents is 1. The second-order valence-corrected chi connectivity index (χ2v) is 6.06. The monoisotopic (exact) mass is 357 g/mol. The molecule has 2 aromatic rings. The van der Waals surface area contributed by atoms with E-state index in [1.807, 2.05) is 24.3 Å². The van der Waals surface area contributed by atoms with Crippen molar-refractivity contribution in [3.8, 4) is 0 Å². The molecule has 0 saturated heterocycles. The number of hydrogen-bond donors (Lipinski definition) is 2. The third kappa shape index (κ3) is 5.09. The van der Waals surface area contributed by atoms with Crippen LogP contribution in [-0.4, -0.2) is 15.9 Å². The van der Waals surface area contributed by atoms with Gasteiger partial charge in [0.1, 0.15) is 0 Å². The number of amides is 1. The maximum Gasteiger partial charge on any atom is 0.270 e. The Bertz CT molecular complexity index is 790. The van der Waals surface area contributed by atoms with Gasteiger partial charge < -0.3 is 5.32 Å². The number of carbonyl (C=O) groups is 1. The zero-order valence-electron chi connectivity index (χ0n) is 14.0. The first-order valence-electron chi connectivity index (χ1n) is 7.87. The molecule has 0 aliphatic heterocycles. The molecule has 6 nitrogen and oxygen atoms in total. The fourth-order valence-electron chi connectivity index (χ4n) is 2.23. The molecule has 130 valence electrons. The van der Waals surface area contributed by atoms with E-state index in [0.717, 1.165) is 12.1 Å². The fourth-order valence-corrected chi connectivity index (χ4v) is 2.44. The molecule has 1 amide bonds. The molecule has 2 aromatic carbocycles. The number of benzene rings is 2. The van der Waals surface area contributed by atoms with E-state index in [0.29, 0.717) is 5.92 Å². The molecule has 0 fully saturated rings. The van der Waals surface area contributed by atoms with E-state index in [2.05, 4.69) is 24.5 Å². The summed E-state index contributed by atoms with van der Waals surface area (Å²) in [6, 6.07) is 13.3. The van der Waals surface area contributed by atoms with Crippen molar-refractivity contribution >= 4 is 34.6 Å². The Morgan fingerprint density at radius 2 is 1.92 bits per heavy atom. The summed E-state index contributed by atoms with van der Waals surface area (Å²) in [5, 5.41) is 16.4. The molecule has 25 heavy (non-hydrogen) atoms. The summed E-state index contributed by atoms with van der Waals surface area (Å²) in [4.78, 5) is 22.4. The molecule has 0 saturated carbocycles. The van der Waals surface area contributed by atoms with E-state index in [-0.39, 0.29) is 16.4 Å². The van der Waals surface area contributed by atoms with Crippen molar-refractivity contribution in [2.45, 2.75) is 26.2 Å². The van der Waals surface area contributed by atoms with Gasteiger partial charge in [-0.2, -0.15) is 0 Å². The summed E-state index contributed by atoms with van der Waals surface area (Å²) in [5.74, 6) is -0.0213. The highest BCUT2D eigenvalue weighted by atomic mass is 32.1. The van der Waals surface area contributed by atoms with Gasteiger partial charge in [0, 0.05) is 23.4 Å². The van der Waals surface area contributed by atoms with Crippen LogP contribution < -0.4 is 10.6 Å². The van der Waals surface area contributed by atoms with Crippen LogP contribution in [0.5, 0.6) is 0 Å². The third-order valence-electron chi connectivity index (χ3n) is 3.90. The number of nitrogens with one attached hydrogen (secondary N) is 2. The maximum absolute atomic E-state index is 12.1. The SMILES string of the molecule is CC[C@H](C)c1ccc(NC(=S)NC(=O)c2cccc([N+](=O)[O-])c2)cc1. The molecule has 0 aliphatic rings. The number of carbonyl (C=O) groups excluding carboxylic acids is 1. The first kappa shape index (κ1) is 18.5.